The Balaban J connectivity index is 1.62. The van der Waals surface area contributed by atoms with Crippen LogP contribution in [0.3, 0.4) is 0 Å². The van der Waals surface area contributed by atoms with Crippen molar-refractivity contribution >= 4 is 17.5 Å². The number of piperidine rings is 1. The molecule has 1 saturated carbocycles. The summed E-state index contributed by atoms with van der Waals surface area (Å²) in [6.07, 6.45) is 3.10. The summed E-state index contributed by atoms with van der Waals surface area (Å²) in [6, 6.07) is 8.32. The van der Waals surface area contributed by atoms with E-state index in [4.69, 9.17) is 11.6 Å². The van der Waals surface area contributed by atoms with E-state index in [1.54, 1.807) is 0 Å². The zero-order chi connectivity index (χ0) is 14.1. The van der Waals surface area contributed by atoms with Gasteiger partial charge in [-0.05, 0) is 56.0 Å². The molecule has 1 aliphatic heterocycles. The number of nitrogens with zero attached hydrogens (tertiary/aromatic N) is 1. The van der Waals surface area contributed by atoms with Crippen molar-refractivity contribution in [3.63, 3.8) is 0 Å². The Morgan fingerprint density at radius 3 is 2.80 bits per heavy atom. The molecule has 0 bridgehead atoms. The molecule has 3 nitrogen and oxygen atoms in total. The first-order valence-corrected chi connectivity index (χ1v) is 7.77. The second kappa shape index (κ2) is 5.74. The smallest absolute Gasteiger partial charge is 0.226 e. The molecule has 1 aromatic carbocycles. The van der Waals surface area contributed by atoms with Crippen molar-refractivity contribution < 1.29 is 4.79 Å². The Morgan fingerprint density at radius 2 is 2.10 bits per heavy atom. The number of hydrogen-bond acceptors (Lipinski definition) is 2. The van der Waals surface area contributed by atoms with Crippen LogP contribution in [0.15, 0.2) is 24.3 Å². The van der Waals surface area contributed by atoms with Crippen LogP contribution in [0.5, 0.6) is 0 Å². The van der Waals surface area contributed by atoms with Gasteiger partial charge in [0.2, 0.25) is 5.91 Å². The number of carbonyl (C=O) groups is 1. The minimum Gasteiger partial charge on any atom is -0.342 e. The van der Waals surface area contributed by atoms with Gasteiger partial charge < -0.3 is 10.2 Å². The van der Waals surface area contributed by atoms with Gasteiger partial charge in [-0.15, -0.1) is 0 Å². The number of hydrogen-bond donors (Lipinski definition) is 1. The second-order valence-electron chi connectivity index (χ2n) is 5.93. The number of amides is 1. The summed E-state index contributed by atoms with van der Waals surface area (Å²) in [4.78, 5) is 14.5. The van der Waals surface area contributed by atoms with Crippen LogP contribution in [0.4, 0.5) is 0 Å². The minimum absolute atomic E-state index is 0.161. The highest BCUT2D eigenvalue weighted by atomic mass is 35.5. The third-order valence-corrected chi connectivity index (χ3v) is 4.82. The van der Waals surface area contributed by atoms with Gasteiger partial charge in [-0.1, -0.05) is 23.7 Å². The molecule has 2 atom stereocenters. The lowest BCUT2D eigenvalue weighted by atomic mass is 10.0. The van der Waals surface area contributed by atoms with Crippen LogP contribution in [0, 0.1) is 5.92 Å². The Kier molecular flexibility index (Phi) is 3.99. The van der Waals surface area contributed by atoms with Crippen LogP contribution < -0.4 is 5.32 Å². The molecule has 0 spiro atoms. The summed E-state index contributed by atoms with van der Waals surface area (Å²) in [5, 5.41) is 4.10. The lowest BCUT2D eigenvalue weighted by molar-refractivity contribution is -0.133. The third kappa shape index (κ3) is 2.84. The van der Waals surface area contributed by atoms with Crippen LogP contribution in [0.25, 0.3) is 0 Å². The number of rotatable bonds is 3. The van der Waals surface area contributed by atoms with Gasteiger partial charge in [0, 0.05) is 24.0 Å². The Bertz CT molecular complexity index is 499. The molecule has 1 aromatic rings. The number of nitrogens with one attached hydrogen (secondary N) is 1. The average Bonchev–Trinajstić information content (AvgIpc) is 3.27. The first-order valence-electron chi connectivity index (χ1n) is 7.39. The van der Waals surface area contributed by atoms with Crippen molar-refractivity contribution in [1.82, 2.24) is 10.2 Å². The first-order chi connectivity index (χ1) is 9.66. The molecule has 0 radical (unpaired) electrons. The van der Waals surface area contributed by atoms with E-state index < -0.39 is 0 Å². The van der Waals surface area contributed by atoms with E-state index in [1.807, 2.05) is 30.1 Å². The van der Waals surface area contributed by atoms with Gasteiger partial charge in [-0.3, -0.25) is 4.79 Å². The van der Waals surface area contributed by atoms with Crippen molar-refractivity contribution in [3.8, 4) is 0 Å². The summed E-state index contributed by atoms with van der Waals surface area (Å²) in [5.41, 5.74) is 1.20. The molecule has 4 heteroatoms. The van der Waals surface area contributed by atoms with Crippen molar-refractivity contribution in [1.29, 1.82) is 0 Å². The predicted octanol–water partition coefficient (Wildman–Crippen LogP) is 2.65. The van der Waals surface area contributed by atoms with E-state index in [-0.39, 0.29) is 5.92 Å². The van der Waals surface area contributed by atoms with E-state index in [0.29, 0.717) is 17.9 Å². The highest BCUT2D eigenvalue weighted by Crippen LogP contribution is 2.49. The maximum absolute atomic E-state index is 12.5. The molecule has 2 aliphatic rings. The van der Waals surface area contributed by atoms with Gasteiger partial charge in [0.1, 0.15) is 0 Å². The van der Waals surface area contributed by atoms with Crippen molar-refractivity contribution in [2.45, 2.75) is 31.2 Å². The van der Waals surface area contributed by atoms with Gasteiger partial charge >= 0.3 is 0 Å². The van der Waals surface area contributed by atoms with E-state index in [2.05, 4.69) is 11.4 Å². The van der Waals surface area contributed by atoms with E-state index in [1.165, 1.54) is 5.56 Å². The summed E-state index contributed by atoms with van der Waals surface area (Å²) >= 11 is 6.03. The van der Waals surface area contributed by atoms with Crippen molar-refractivity contribution in [2.24, 2.45) is 5.92 Å². The zero-order valence-corrected chi connectivity index (χ0v) is 12.6. The quantitative estimate of drug-likeness (QED) is 0.929. The number of carbonyl (C=O) groups excluding carboxylic acids is 1. The number of halogens is 1. The molecule has 20 heavy (non-hydrogen) atoms. The highest BCUT2D eigenvalue weighted by Gasteiger charge is 2.46. The maximum Gasteiger partial charge on any atom is 0.226 e. The first kappa shape index (κ1) is 13.9. The van der Waals surface area contributed by atoms with Crippen molar-refractivity contribution in [3.05, 3.63) is 34.9 Å². The molecule has 0 aromatic heterocycles. The third-order valence-electron chi connectivity index (χ3n) is 4.59. The molecule has 1 amide bonds. The van der Waals surface area contributed by atoms with Gasteiger partial charge in [-0.2, -0.15) is 0 Å². The summed E-state index contributed by atoms with van der Waals surface area (Å²) in [7, 11) is 1.96. The van der Waals surface area contributed by atoms with Crippen LogP contribution in [0.2, 0.25) is 5.02 Å². The number of benzene rings is 1. The van der Waals surface area contributed by atoms with Crippen LogP contribution in [-0.4, -0.2) is 37.0 Å². The molecule has 2 unspecified atom stereocenters. The summed E-state index contributed by atoms with van der Waals surface area (Å²) < 4.78 is 0. The fraction of sp³-hybridized carbons (Fsp3) is 0.562. The molecule has 108 valence electrons. The van der Waals surface area contributed by atoms with Gasteiger partial charge in [0.25, 0.3) is 0 Å². The molecular formula is C16H21ClN2O. The van der Waals surface area contributed by atoms with Gasteiger partial charge in [0.05, 0.1) is 0 Å². The van der Waals surface area contributed by atoms with E-state index in [9.17, 15) is 4.79 Å². The van der Waals surface area contributed by atoms with Gasteiger partial charge in [0.15, 0.2) is 0 Å². The SMILES string of the molecule is CN(C(=O)C1CC1c1cccc(Cl)c1)C1CCNCC1. The average molecular weight is 293 g/mol. The normalized spacial score (nSPS) is 26.3. The van der Waals surface area contributed by atoms with E-state index in [0.717, 1.165) is 37.4 Å². The molecule has 1 heterocycles. The van der Waals surface area contributed by atoms with Crippen LogP contribution in [-0.2, 0) is 4.79 Å². The monoisotopic (exact) mass is 292 g/mol. The summed E-state index contributed by atoms with van der Waals surface area (Å²) in [6.45, 7) is 2.04. The van der Waals surface area contributed by atoms with Gasteiger partial charge in [-0.25, -0.2) is 0 Å². The highest BCUT2D eigenvalue weighted by molar-refractivity contribution is 6.30. The topological polar surface area (TPSA) is 32.3 Å². The Labute approximate surface area is 125 Å². The lowest BCUT2D eigenvalue weighted by Gasteiger charge is -2.32. The fourth-order valence-corrected chi connectivity index (χ4v) is 3.41. The Morgan fingerprint density at radius 1 is 1.35 bits per heavy atom. The summed E-state index contributed by atoms with van der Waals surface area (Å²) in [5.74, 6) is 0.834. The fourth-order valence-electron chi connectivity index (χ4n) is 3.21. The molecule has 3 rings (SSSR count). The molecular weight excluding hydrogens is 272 g/mol. The zero-order valence-electron chi connectivity index (χ0n) is 11.8. The minimum atomic E-state index is 0.161. The Hall–Kier alpha value is -1.06. The van der Waals surface area contributed by atoms with Crippen molar-refractivity contribution in [2.75, 3.05) is 20.1 Å². The van der Waals surface area contributed by atoms with Crippen LogP contribution >= 0.6 is 11.6 Å². The predicted molar refractivity (Wildman–Crippen MR) is 81.0 cm³/mol. The van der Waals surface area contributed by atoms with E-state index >= 15 is 0 Å². The van der Waals surface area contributed by atoms with Crippen LogP contribution in [0.1, 0.15) is 30.7 Å². The molecule has 2 fully saturated rings. The standard InChI is InChI=1S/C16H21ClN2O/c1-19(13-5-7-18-8-6-13)16(20)15-10-14(15)11-3-2-4-12(17)9-11/h2-4,9,13-15,18H,5-8,10H2,1H3. The maximum atomic E-state index is 12.5. The molecule has 1 N–H and O–H groups in total. The second-order valence-corrected chi connectivity index (χ2v) is 6.37. The largest absolute Gasteiger partial charge is 0.342 e. The molecule has 1 aliphatic carbocycles. The molecule has 1 saturated heterocycles. The lowest BCUT2D eigenvalue weighted by Crippen LogP contribution is -2.44.